The summed E-state index contributed by atoms with van der Waals surface area (Å²) in [5.74, 6) is 0.969. The lowest BCUT2D eigenvalue weighted by Gasteiger charge is -2.17. The topological polar surface area (TPSA) is 41.6 Å². The summed E-state index contributed by atoms with van der Waals surface area (Å²) < 4.78 is 2.05. The second kappa shape index (κ2) is 3.34. The smallest absolute Gasteiger partial charge is 0.106 e. The highest BCUT2D eigenvalue weighted by atomic mass is 15.1. The quantitative estimate of drug-likeness (QED) is 0.730. The molecule has 0 saturated carbocycles. The standard InChI is InChI=1S/C13H15N3/c1-9-15-11-7-5-6-10(12(11)16(9)4)13(2,3)8-14/h5-7H,1-4H3. The number of fused-ring (bicyclic) bond motifs is 1. The van der Waals surface area contributed by atoms with Gasteiger partial charge in [0.05, 0.1) is 22.5 Å². The second-order valence-corrected chi connectivity index (χ2v) is 4.63. The van der Waals surface area contributed by atoms with E-state index >= 15 is 0 Å². The number of hydrogen-bond donors (Lipinski definition) is 0. The van der Waals surface area contributed by atoms with Crippen LogP contribution in [0, 0.1) is 18.3 Å². The van der Waals surface area contributed by atoms with Gasteiger partial charge in [-0.1, -0.05) is 12.1 Å². The minimum Gasteiger partial charge on any atom is -0.331 e. The van der Waals surface area contributed by atoms with Crippen LogP contribution in [0.5, 0.6) is 0 Å². The molecule has 0 spiro atoms. The number of hydrogen-bond acceptors (Lipinski definition) is 2. The van der Waals surface area contributed by atoms with E-state index < -0.39 is 5.41 Å². The van der Waals surface area contributed by atoms with E-state index in [2.05, 4.69) is 11.1 Å². The average molecular weight is 213 g/mol. The number of nitriles is 1. The number of aryl methyl sites for hydroxylation is 2. The fraction of sp³-hybridized carbons (Fsp3) is 0.385. The molecule has 0 aliphatic heterocycles. The molecule has 0 atom stereocenters. The molecule has 1 heterocycles. The molecule has 3 nitrogen and oxygen atoms in total. The van der Waals surface area contributed by atoms with Gasteiger partial charge in [-0.05, 0) is 32.4 Å². The highest BCUT2D eigenvalue weighted by molar-refractivity contribution is 5.81. The fourth-order valence-corrected chi connectivity index (χ4v) is 1.95. The van der Waals surface area contributed by atoms with Crippen molar-refractivity contribution in [2.45, 2.75) is 26.2 Å². The minimum atomic E-state index is -0.486. The van der Waals surface area contributed by atoms with Gasteiger partial charge in [0.1, 0.15) is 5.82 Å². The molecule has 0 aliphatic rings. The summed E-state index contributed by atoms with van der Waals surface area (Å²) in [6, 6.07) is 8.30. The molecule has 82 valence electrons. The van der Waals surface area contributed by atoms with Crippen molar-refractivity contribution in [3.8, 4) is 6.07 Å². The van der Waals surface area contributed by atoms with Crippen LogP contribution in [0.1, 0.15) is 25.2 Å². The van der Waals surface area contributed by atoms with Gasteiger partial charge in [0, 0.05) is 7.05 Å². The van der Waals surface area contributed by atoms with Crippen molar-refractivity contribution in [2.75, 3.05) is 0 Å². The maximum absolute atomic E-state index is 9.22. The lowest BCUT2D eigenvalue weighted by atomic mass is 9.85. The van der Waals surface area contributed by atoms with Crippen molar-refractivity contribution in [2.24, 2.45) is 7.05 Å². The number of para-hydroxylation sites is 1. The summed E-state index contributed by atoms with van der Waals surface area (Å²) in [4.78, 5) is 4.47. The van der Waals surface area contributed by atoms with Crippen molar-refractivity contribution in [3.63, 3.8) is 0 Å². The molecule has 0 unspecified atom stereocenters. The molecular weight excluding hydrogens is 198 g/mol. The van der Waals surface area contributed by atoms with E-state index in [9.17, 15) is 5.26 Å². The molecule has 0 bridgehead atoms. The molecule has 0 N–H and O–H groups in total. The Balaban J connectivity index is 2.87. The molecule has 0 amide bonds. The second-order valence-electron chi connectivity index (χ2n) is 4.63. The summed E-state index contributed by atoms with van der Waals surface area (Å²) in [7, 11) is 1.99. The minimum absolute atomic E-state index is 0.486. The first kappa shape index (κ1) is 10.7. The summed E-state index contributed by atoms with van der Waals surface area (Å²) in [6.45, 7) is 5.84. The van der Waals surface area contributed by atoms with E-state index in [0.717, 1.165) is 22.4 Å². The molecule has 1 aromatic heterocycles. The molecule has 0 fully saturated rings. The van der Waals surface area contributed by atoms with Gasteiger partial charge in [0.2, 0.25) is 0 Å². The predicted octanol–water partition coefficient (Wildman–Crippen LogP) is 2.68. The third-order valence-corrected chi connectivity index (χ3v) is 3.07. The van der Waals surface area contributed by atoms with Crippen LogP contribution in [-0.4, -0.2) is 9.55 Å². The Bertz CT molecular complexity index is 585. The predicted molar refractivity (Wildman–Crippen MR) is 64.1 cm³/mol. The number of nitrogens with zero attached hydrogens (tertiary/aromatic N) is 3. The number of aromatic nitrogens is 2. The summed E-state index contributed by atoms with van der Waals surface area (Å²) in [5, 5.41) is 9.22. The fourth-order valence-electron chi connectivity index (χ4n) is 1.95. The van der Waals surface area contributed by atoms with Gasteiger partial charge >= 0.3 is 0 Å². The molecule has 0 radical (unpaired) electrons. The molecule has 0 saturated heterocycles. The highest BCUT2D eigenvalue weighted by Crippen LogP contribution is 2.29. The van der Waals surface area contributed by atoms with Gasteiger partial charge < -0.3 is 4.57 Å². The van der Waals surface area contributed by atoms with Crippen LogP contribution in [0.15, 0.2) is 18.2 Å². The first-order valence-corrected chi connectivity index (χ1v) is 5.31. The molecule has 3 heteroatoms. The Morgan fingerprint density at radius 3 is 2.69 bits per heavy atom. The highest BCUT2D eigenvalue weighted by Gasteiger charge is 2.24. The van der Waals surface area contributed by atoms with E-state index in [-0.39, 0.29) is 0 Å². The Hall–Kier alpha value is -1.82. The zero-order valence-corrected chi connectivity index (χ0v) is 10.1. The van der Waals surface area contributed by atoms with Crippen LogP contribution in [0.4, 0.5) is 0 Å². The van der Waals surface area contributed by atoms with Gasteiger partial charge in [0.25, 0.3) is 0 Å². The summed E-state index contributed by atoms with van der Waals surface area (Å²) in [5.41, 5.74) is 2.57. The summed E-state index contributed by atoms with van der Waals surface area (Å²) >= 11 is 0. The lowest BCUT2D eigenvalue weighted by molar-refractivity contribution is 0.687. The third-order valence-electron chi connectivity index (χ3n) is 3.07. The zero-order chi connectivity index (χ0) is 11.9. The van der Waals surface area contributed by atoms with E-state index in [1.807, 2.05) is 50.6 Å². The number of imidazole rings is 1. The Morgan fingerprint density at radius 2 is 2.06 bits per heavy atom. The van der Waals surface area contributed by atoms with Crippen LogP contribution < -0.4 is 0 Å². The molecule has 2 rings (SSSR count). The maximum atomic E-state index is 9.22. The van der Waals surface area contributed by atoms with Crippen molar-refractivity contribution in [3.05, 3.63) is 29.6 Å². The SMILES string of the molecule is Cc1nc2cccc(C(C)(C)C#N)c2n1C. The largest absolute Gasteiger partial charge is 0.331 e. The van der Waals surface area contributed by atoms with Crippen LogP contribution >= 0.6 is 0 Å². The van der Waals surface area contributed by atoms with E-state index in [1.165, 1.54) is 0 Å². The number of rotatable bonds is 1. The Labute approximate surface area is 95.3 Å². The van der Waals surface area contributed by atoms with Crippen molar-refractivity contribution < 1.29 is 0 Å². The zero-order valence-electron chi connectivity index (χ0n) is 10.1. The van der Waals surface area contributed by atoms with Crippen molar-refractivity contribution in [1.29, 1.82) is 5.26 Å². The van der Waals surface area contributed by atoms with Crippen LogP contribution in [0.2, 0.25) is 0 Å². The van der Waals surface area contributed by atoms with Crippen LogP contribution in [0.25, 0.3) is 11.0 Å². The first-order chi connectivity index (χ1) is 7.47. The van der Waals surface area contributed by atoms with Gasteiger partial charge in [0.15, 0.2) is 0 Å². The van der Waals surface area contributed by atoms with Crippen LogP contribution in [-0.2, 0) is 12.5 Å². The van der Waals surface area contributed by atoms with Gasteiger partial charge in [-0.25, -0.2) is 4.98 Å². The lowest BCUT2D eigenvalue weighted by Crippen LogP contribution is -2.15. The normalized spacial score (nSPS) is 11.7. The molecule has 0 aliphatic carbocycles. The van der Waals surface area contributed by atoms with Crippen molar-refractivity contribution in [1.82, 2.24) is 9.55 Å². The molecule has 16 heavy (non-hydrogen) atoms. The van der Waals surface area contributed by atoms with Crippen LogP contribution in [0.3, 0.4) is 0 Å². The first-order valence-electron chi connectivity index (χ1n) is 5.31. The Kier molecular flexibility index (Phi) is 2.23. The molecular formula is C13H15N3. The van der Waals surface area contributed by atoms with E-state index in [4.69, 9.17) is 0 Å². The monoisotopic (exact) mass is 213 g/mol. The average Bonchev–Trinajstić information content (AvgIpc) is 2.55. The van der Waals surface area contributed by atoms with Gasteiger partial charge in [-0.15, -0.1) is 0 Å². The van der Waals surface area contributed by atoms with E-state index in [1.54, 1.807) is 0 Å². The maximum Gasteiger partial charge on any atom is 0.106 e. The van der Waals surface area contributed by atoms with Gasteiger partial charge in [-0.2, -0.15) is 5.26 Å². The van der Waals surface area contributed by atoms with Gasteiger partial charge in [-0.3, -0.25) is 0 Å². The summed E-state index contributed by atoms with van der Waals surface area (Å²) in [6.07, 6.45) is 0. The molecule has 2 aromatic rings. The molecule has 1 aromatic carbocycles. The van der Waals surface area contributed by atoms with Crippen molar-refractivity contribution >= 4 is 11.0 Å². The number of benzene rings is 1. The Morgan fingerprint density at radius 1 is 1.38 bits per heavy atom. The third kappa shape index (κ3) is 1.38. The van der Waals surface area contributed by atoms with E-state index in [0.29, 0.717) is 0 Å².